The summed E-state index contributed by atoms with van der Waals surface area (Å²) in [6, 6.07) is 3.55. The molecule has 9 heteroatoms. The summed E-state index contributed by atoms with van der Waals surface area (Å²) in [5, 5.41) is 8.96. The van der Waals surface area contributed by atoms with E-state index in [2.05, 4.69) is 15.5 Å². The predicted molar refractivity (Wildman–Crippen MR) is 89.4 cm³/mol. The van der Waals surface area contributed by atoms with Crippen molar-refractivity contribution in [3.8, 4) is 11.5 Å². The highest BCUT2D eigenvalue weighted by molar-refractivity contribution is 5.85. The molecule has 0 amide bonds. The van der Waals surface area contributed by atoms with Gasteiger partial charge in [-0.05, 0) is 55.6 Å². The lowest BCUT2D eigenvalue weighted by molar-refractivity contribution is -0.137. The van der Waals surface area contributed by atoms with Gasteiger partial charge in [-0.2, -0.15) is 13.2 Å². The first kappa shape index (κ1) is 19.3. The van der Waals surface area contributed by atoms with E-state index < -0.39 is 17.5 Å². The smallest absolute Gasteiger partial charge is 0.388 e. The van der Waals surface area contributed by atoms with Crippen LogP contribution in [0.15, 0.2) is 33.5 Å². The van der Waals surface area contributed by atoms with Gasteiger partial charge < -0.3 is 9.73 Å². The van der Waals surface area contributed by atoms with Crippen LogP contribution in [0.4, 0.5) is 13.2 Å². The Balaban J connectivity index is 0.00000225. The van der Waals surface area contributed by atoms with E-state index in [1.165, 1.54) is 18.2 Å². The van der Waals surface area contributed by atoms with Gasteiger partial charge in [-0.3, -0.25) is 0 Å². The standard InChI is InChI=1S/C16H16F3N3O2.ClH/c17-16(18,19)13-4-3-12(14-21-22-15(23)24-14)9-11(13)2-1-10-5-7-20-8-6-10;/h1-4,9-10,20H,5-8H2,(H,22,23);1H/b2-1+;. The number of rotatable bonds is 3. The van der Waals surface area contributed by atoms with Crippen molar-refractivity contribution in [3.63, 3.8) is 0 Å². The van der Waals surface area contributed by atoms with E-state index in [0.717, 1.165) is 32.0 Å². The largest absolute Gasteiger partial charge is 0.434 e. The van der Waals surface area contributed by atoms with Crippen molar-refractivity contribution < 1.29 is 17.6 Å². The third-order valence-electron chi connectivity index (χ3n) is 3.97. The first-order chi connectivity index (χ1) is 11.4. The molecule has 1 aliphatic heterocycles. The van der Waals surface area contributed by atoms with Crippen LogP contribution >= 0.6 is 12.4 Å². The first-order valence-corrected chi connectivity index (χ1v) is 7.59. The lowest BCUT2D eigenvalue weighted by Gasteiger charge is -2.19. The molecule has 5 nitrogen and oxygen atoms in total. The van der Waals surface area contributed by atoms with Gasteiger partial charge in [0.05, 0.1) is 5.56 Å². The molecule has 0 unspecified atom stereocenters. The van der Waals surface area contributed by atoms with Gasteiger partial charge in [-0.1, -0.05) is 12.2 Å². The maximum absolute atomic E-state index is 13.2. The molecule has 1 fully saturated rings. The van der Waals surface area contributed by atoms with Gasteiger partial charge in [-0.15, -0.1) is 17.5 Å². The number of piperidine rings is 1. The van der Waals surface area contributed by atoms with Gasteiger partial charge in [0.25, 0.3) is 0 Å². The number of nitrogens with zero attached hydrogens (tertiary/aromatic N) is 1. The van der Waals surface area contributed by atoms with E-state index >= 15 is 0 Å². The number of benzene rings is 1. The zero-order valence-electron chi connectivity index (χ0n) is 13.1. The Labute approximate surface area is 147 Å². The van der Waals surface area contributed by atoms with Gasteiger partial charge in [0.1, 0.15) is 0 Å². The molecule has 0 bridgehead atoms. The third kappa shape index (κ3) is 4.73. The molecule has 1 aromatic carbocycles. The molecule has 3 rings (SSSR count). The maximum atomic E-state index is 13.2. The van der Waals surface area contributed by atoms with E-state index in [9.17, 15) is 18.0 Å². The van der Waals surface area contributed by atoms with Gasteiger partial charge in [0.15, 0.2) is 0 Å². The highest BCUT2D eigenvalue weighted by Gasteiger charge is 2.33. The number of aromatic amines is 1. The average Bonchev–Trinajstić information content (AvgIpc) is 2.99. The summed E-state index contributed by atoms with van der Waals surface area (Å²) >= 11 is 0. The topological polar surface area (TPSA) is 70.9 Å². The molecular weight excluding hydrogens is 359 g/mol. The predicted octanol–water partition coefficient (Wildman–Crippen LogP) is 3.48. The molecule has 0 saturated carbocycles. The van der Waals surface area contributed by atoms with Crippen LogP contribution in [0.5, 0.6) is 0 Å². The fourth-order valence-corrected chi connectivity index (χ4v) is 2.72. The second kappa shape index (κ2) is 7.88. The van der Waals surface area contributed by atoms with Crippen LogP contribution in [-0.4, -0.2) is 23.3 Å². The first-order valence-electron chi connectivity index (χ1n) is 7.59. The molecule has 1 aromatic heterocycles. The lowest BCUT2D eigenvalue weighted by Crippen LogP contribution is -2.26. The third-order valence-corrected chi connectivity index (χ3v) is 3.97. The number of hydrogen-bond acceptors (Lipinski definition) is 4. The molecular formula is C16H17ClF3N3O2. The Morgan fingerprint density at radius 3 is 2.56 bits per heavy atom. The maximum Gasteiger partial charge on any atom is 0.434 e. The molecule has 0 spiro atoms. The van der Waals surface area contributed by atoms with Gasteiger partial charge >= 0.3 is 11.9 Å². The van der Waals surface area contributed by atoms with Crippen LogP contribution in [-0.2, 0) is 6.18 Å². The van der Waals surface area contributed by atoms with Crippen molar-refractivity contribution in [2.24, 2.45) is 5.92 Å². The van der Waals surface area contributed by atoms with Crippen molar-refractivity contribution in [2.45, 2.75) is 19.0 Å². The van der Waals surface area contributed by atoms with Gasteiger partial charge in [0.2, 0.25) is 5.89 Å². The van der Waals surface area contributed by atoms with Crippen molar-refractivity contribution >= 4 is 18.5 Å². The zero-order chi connectivity index (χ0) is 17.2. The van der Waals surface area contributed by atoms with Crippen LogP contribution in [0.1, 0.15) is 24.0 Å². The number of hydrogen-bond donors (Lipinski definition) is 2. The number of allylic oxidation sites excluding steroid dienone is 1. The second-order valence-electron chi connectivity index (χ2n) is 5.66. The summed E-state index contributed by atoms with van der Waals surface area (Å²) in [6.45, 7) is 1.72. The Hall–Kier alpha value is -2.06. The Morgan fingerprint density at radius 2 is 1.96 bits per heavy atom. The Kier molecular flexibility index (Phi) is 6.07. The Bertz CT molecular complexity index is 792. The van der Waals surface area contributed by atoms with Crippen LogP contribution in [0.3, 0.4) is 0 Å². The van der Waals surface area contributed by atoms with Crippen molar-refractivity contribution in [1.82, 2.24) is 15.5 Å². The monoisotopic (exact) mass is 375 g/mol. The molecule has 0 aliphatic carbocycles. The normalized spacial score (nSPS) is 16.1. The molecule has 136 valence electrons. The number of nitrogens with one attached hydrogen (secondary N) is 2. The summed E-state index contributed by atoms with van der Waals surface area (Å²) in [6.07, 6.45) is 0.638. The van der Waals surface area contributed by atoms with Crippen LogP contribution < -0.4 is 11.1 Å². The fraction of sp³-hybridized carbons (Fsp3) is 0.375. The zero-order valence-corrected chi connectivity index (χ0v) is 13.9. The molecule has 25 heavy (non-hydrogen) atoms. The number of aromatic nitrogens is 2. The van der Waals surface area contributed by atoms with Gasteiger partial charge in [-0.25, -0.2) is 9.89 Å². The fourth-order valence-electron chi connectivity index (χ4n) is 2.72. The summed E-state index contributed by atoms with van der Waals surface area (Å²) in [5.41, 5.74) is -0.384. The minimum atomic E-state index is -4.46. The molecule has 1 saturated heterocycles. The van der Waals surface area contributed by atoms with E-state index in [1.54, 1.807) is 0 Å². The molecule has 0 atom stereocenters. The highest BCUT2D eigenvalue weighted by atomic mass is 35.5. The van der Waals surface area contributed by atoms with E-state index in [-0.39, 0.29) is 29.8 Å². The molecule has 0 radical (unpaired) electrons. The number of alkyl halides is 3. The van der Waals surface area contributed by atoms with E-state index in [0.29, 0.717) is 5.56 Å². The summed E-state index contributed by atoms with van der Waals surface area (Å²) in [5.74, 6) is -0.541. The number of H-pyrrole nitrogens is 1. The van der Waals surface area contributed by atoms with Crippen molar-refractivity contribution in [1.29, 1.82) is 0 Å². The average molecular weight is 376 g/mol. The van der Waals surface area contributed by atoms with Crippen molar-refractivity contribution in [2.75, 3.05) is 13.1 Å². The molecule has 2 aromatic rings. The number of halogens is 4. The summed E-state index contributed by atoms with van der Waals surface area (Å²) < 4.78 is 44.4. The molecule has 2 N–H and O–H groups in total. The lowest BCUT2D eigenvalue weighted by atomic mass is 9.95. The SMILES string of the molecule is Cl.O=c1[nH]nc(-c2ccc(C(F)(F)F)c(/C=C/C3CCNCC3)c2)o1. The minimum Gasteiger partial charge on any atom is -0.388 e. The summed E-state index contributed by atoms with van der Waals surface area (Å²) in [4.78, 5) is 11.0. The van der Waals surface area contributed by atoms with Gasteiger partial charge in [0, 0.05) is 5.56 Å². The van der Waals surface area contributed by atoms with E-state index in [4.69, 9.17) is 4.42 Å². The van der Waals surface area contributed by atoms with Crippen molar-refractivity contribution in [3.05, 3.63) is 46.0 Å². The molecule has 1 aliphatic rings. The molecule has 2 heterocycles. The quantitative estimate of drug-likeness (QED) is 0.861. The summed E-state index contributed by atoms with van der Waals surface area (Å²) in [7, 11) is 0. The van der Waals surface area contributed by atoms with Crippen LogP contribution in [0, 0.1) is 5.92 Å². The van der Waals surface area contributed by atoms with E-state index in [1.807, 2.05) is 6.08 Å². The Morgan fingerprint density at radius 1 is 1.24 bits per heavy atom. The van der Waals surface area contributed by atoms with Crippen LogP contribution in [0.2, 0.25) is 0 Å². The second-order valence-corrected chi connectivity index (χ2v) is 5.66. The van der Waals surface area contributed by atoms with Crippen LogP contribution in [0.25, 0.3) is 17.5 Å². The minimum absolute atomic E-state index is 0. The highest BCUT2D eigenvalue weighted by Crippen LogP contribution is 2.35.